The summed E-state index contributed by atoms with van der Waals surface area (Å²) in [6.45, 7) is 1.82. The molecule has 3 aromatic rings. The van der Waals surface area contributed by atoms with Crippen molar-refractivity contribution in [3.63, 3.8) is 0 Å². The summed E-state index contributed by atoms with van der Waals surface area (Å²) in [7, 11) is -3.56. The van der Waals surface area contributed by atoms with Crippen LogP contribution in [0.1, 0.15) is 23.0 Å². The van der Waals surface area contributed by atoms with Gasteiger partial charge < -0.3 is 5.32 Å². The van der Waals surface area contributed by atoms with Gasteiger partial charge in [-0.25, -0.2) is 21.9 Å². The van der Waals surface area contributed by atoms with Crippen molar-refractivity contribution in [2.45, 2.75) is 18.2 Å². The smallest absolute Gasteiger partial charge is 0.259 e. The minimum absolute atomic E-state index is 0.109. The summed E-state index contributed by atoms with van der Waals surface area (Å²) in [6, 6.07) is 8.79. The third kappa shape index (κ3) is 3.94. The first-order chi connectivity index (χ1) is 13.2. The van der Waals surface area contributed by atoms with E-state index in [9.17, 15) is 22.0 Å². The minimum atomic E-state index is -3.56. The van der Waals surface area contributed by atoms with Crippen molar-refractivity contribution in [1.29, 1.82) is 0 Å². The van der Waals surface area contributed by atoms with E-state index in [1.54, 1.807) is 0 Å². The van der Waals surface area contributed by atoms with Crippen molar-refractivity contribution in [1.82, 2.24) is 9.78 Å². The summed E-state index contributed by atoms with van der Waals surface area (Å²) >= 11 is 0. The van der Waals surface area contributed by atoms with E-state index in [1.165, 1.54) is 35.1 Å². The molecule has 6 nitrogen and oxygen atoms in total. The number of hydrogen-bond acceptors (Lipinski definition) is 4. The van der Waals surface area contributed by atoms with Crippen molar-refractivity contribution in [2.75, 3.05) is 11.6 Å². The highest BCUT2D eigenvalue weighted by molar-refractivity contribution is 7.90. The lowest BCUT2D eigenvalue weighted by atomic mass is 10.1. The number of rotatable bonds is 5. The zero-order valence-corrected chi connectivity index (χ0v) is 15.9. The summed E-state index contributed by atoms with van der Waals surface area (Å²) in [4.78, 5) is 12.6. The molecule has 0 aliphatic rings. The molecule has 1 N–H and O–H groups in total. The summed E-state index contributed by atoms with van der Waals surface area (Å²) in [5.41, 5.74) is 1.08. The Bertz CT molecular complexity index is 1140. The maximum Gasteiger partial charge on any atom is 0.259 e. The first kappa shape index (κ1) is 19.7. The van der Waals surface area contributed by atoms with Crippen LogP contribution in [0, 0.1) is 11.6 Å². The van der Waals surface area contributed by atoms with Crippen molar-refractivity contribution in [3.05, 3.63) is 71.6 Å². The average molecular weight is 405 g/mol. The number of nitrogens with one attached hydrogen (secondary N) is 1. The predicted molar refractivity (Wildman–Crippen MR) is 100 cm³/mol. The van der Waals surface area contributed by atoms with Crippen LogP contribution in [0.2, 0.25) is 0 Å². The Morgan fingerprint density at radius 2 is 1.82 bits per heavy atom. The number of anilines is 1. The van der Waals surface area contributed by atoms with Gasteiger partial charge in [0.1, 0.15) is 11.6 Å². The molecule has 1 aromatic heterocycles. The maximum absolute atomic E-state index is 14.1. The zero-order valence-electron chi connectivity index (χ0n) is 15.1. The van der Waals surface area contributed by atoms with Crippen LogP contribution in [0.15, 0.2) is 53.6 Å². The largest absolute Gasteiger partial charge is 0.319 e. The molecular weight excluding hydrogens is 388 g/mol. The van der Waals surface area contributed by atoms with E-state index < -0.39 is 27.4 Å². The highest BCUT2D eigenvalue weighted by atomic mass is 32.2. The van der Waals surface area contributed by atoms with Crippen LogP contribution in [0.5, 0.6) is 0 Å². The average Bonchev–Trinajstić information content (AvgIpc) is 3.07. The summed E-state index contributed by atoms with van der Waals surface area (Å²) in [6.07, 6.45) is 2.76. The van der Waals surface area contributed by atoms with Gasteiger partial charge in [0.25, 0.3) is 5.91 Å². The molecule has 0 aliphatic heterocycles. The molecule has 0 radical (unpaired) electrons. The number of halogens is 2. The maximum atomic E-state index is 14.1. The molecule has 9 heteroatoms. The molecule has 0 saturated carbocycles. The molecule has 0 bridgehead atoms. The number of aromatic nitrogens is 2. The zero-order chi connectivity index (χ0) is 20.5. The van der Waals surface area contributed by atoms with Gasteiger partial charge in [-0.3, -0.25) is 4.79 Å². The van der Waals surface area contributed by atoms with E-state index in [2.05, 4.69) is 10.4 Å². The second-order valence-corrected chi connectivity index (χ2v) is 8.13. The molecule has 3 rings (SSSR count). The van der Waals surface area contributed by atoms with Gasteiger partial charge in [-0.2, -0.15) is 5.10 Å². The van der Waals surface area contributed by atoms with Gasteiger partial charge in [0.15, 0.2) is 9.84 Å². The Morgan fingerprint density at radius 3 is 2.43 bits per heavy atom. The third-order valence-corrected chi connectivity index (χ3v) is 5.24. The van der Waals surface area contributed by atoms with Crippen LogP contribution < -0.4 is 5.32 Å². The van der Waals surface area contributed by atoms with Gasteiger partial charge in [0, 0.05) is 6.26 Å². The minimum Gasteiger partial charge on any atom is -0.319 e. The van der Waals surface area contributed by atoms with Gasteiger partial charge in [0.2, 0.25) is 0 Å². The fraction of sp³-hybridized carbons (Fsp3) is 0.158. The summed E-state index contributed by atoms with van der Waals surface area (Å²) in [5.74, 6) is -1.78. The Labute approximate surface area is 160 Å². The molecule has 0 spiro atoms. The van der Waals surface area contributed by atoms with Crippen molar-refractivity contribution in [3.8, 4) is 5.69 Å². The summed E-state index contributed by atoms with van der Waals surface area (Å²) in [5, 5.41) is 6.57. The summed E-state index contributed by atoms with van der Waals surface area (Å²) < 4.78 is 52.0. The quantitative estimate of drug-likeness (QED) is 0.660. The SMILES string of the molecule is CCc1c(C(=O)Nc2cc(S(C)(=O)=O)ccc2F)cnn1-c1ccc(F)cc1. The van der Waals surface area contributed by atoms with Gasteiger partial charge in [-0.15, -0.1) is 0 Å². The Kier molecular flexibility index (Phi) is 5.28. The van der Waals surface area contributed by atoms with Crippen LogP contribution in [0.25, 0.3) is 5.69 Å². The standard InChI is InChI=1S/C19H17F2N3O3S/c1-3-18-15(11-22-24(18)13-6-4-12(20)5-7-13)19(25)23-17-10-14(28(2,26)27)8-9-16(17)21/h4-11H,3H2,1-2H3,(H,23,25). The number of benzene rings is 2. The molecule has 28 heavy (non-hydrogen) atoms. The molecule has 0 atom stereocenters. The third-order valence-electron chi connectivity index (χ3n) is 4.13. The number of sulfone groups is 1. The Balaban J connectivity index is 1.95. The molecule has 146 valence electrons. The van der Waals surface area contributed by atoms with Gasteiger partial charge in [-0.1, -0.05) is 6.92 Å². The number of amides is 1. The van der Waals surface area contributed by atoms with Crippen LogP contribution in [-0.4, -0.2) is 30.4 Å². The lowest BCUT2D eigenvalue weighted by Crippen LogP contribution is -2.15. The number of carbonyl (C=O) groups excluding carboxylic acids is 1. The van der Waals surface area contributed by atoms with Gasteiger partial charge in [-0.05, 0) is 48.9 Å². The molecule has 1 amide bonds. The van der Waals surface area contributed by atoms with E-state index >= 15 is 0 Å². The van der Waals surface area contributed by atoms with Crippen LogP contribution in [0.3, 0.4) is 0 Å². The molecule has 0 saturated heterocycles. The van der Waals surface area contributed by atoms with Crippen molar-refractivity contribution >= 4 is 21.4 Å². The predicted octanol–water partition coefficient (Wildman–Crippen LogP) is 3.37. The molecule has 2 aromatic carbocycles. The topological polar surface area (TPSA) is 81.1 Å². The van der Waals surface area contributed by atoms with E-state index in [0.29, 0.717) is 17.8 Å². The van der Waals surface area contributed by atoms with Crippen LogP contribution in [0.4, 0.5) is 14.5 Å². The van der Waals surface area contributed by atoms with E-state index in [4.69, 9.17) is 0 Å². The highest BCUT2D eigenvalue weighted by Gasteiger charge is 2.19. The lowest BCUT2D eigenvalue weighted by Gasteiger charge is -2.10. The fourth-order valence-electron chi connectivity index (χ4n) is 2.73. The monoisotopic (exact) mass is 405 g/mol. The number of carbonyl (C=O) groups is 1. The highest BCUT2D eigenvalue weighted by Crippen LogP contribution is 2.22. The van der Waals surface area contributed by atoms with Crippen LogP contribution in [-0.2, 0) is 16.3 Å². The number of hydrogen-bond donors (Lipinski definition) is 1. The molecular formula is C19H17F2N3O3S. The van der Waals surface area contributed by atoms with Crippen molar-refractivity contribution < 1.29 is 22.0 Å². The van der Waals surface area contributed by atoms with Gasteiger partial charge >= 0.3 is 0 Å². The van der Waals surface area contributed by atoms with E-state index in [1.807, 2.05) is 6.92 Å². The van der Waals surface area contributed by atoms with Crippen LogP contribution >= 0.6 is 0 Å². The first-order valence-electron chi connectivity index (χ1n) is 8.34. The molecule has 0 unspecified atom stereocenters. The second kappa shape index (κ2) is 7.51. The Morgan fingerprint density at radius 1 is 1.14 bits per heavy atom. The number of nitrogens with zero attached hydrogens (tertiary/aromatic N) is 2. The van der Waals surface area contributed by atoms with E-state index in [0.717, 1.165) is 24.5 Å². The lowest BCUT2D eigenvalue weighted by molar-refractivity contribution is 0.102. The fourth-order valence-corrected chi connectivity index (χ4v) is 3.38. The second-order valence-electron chi connectivity index (χ2n) is 6.11. The Hall–Kier alpha value is -3.07. The molecule has 0 aliphatic carbocycles. The normalized spacial score (nSPS) is 11.4. The van der Waals surface area contributed by atoms with Crippen molar-refractivity contribution in [2.24, 2.45) is 0 Å². The van der Waals surface area contributed by atoms with E-state index in [-0.39, 0.29) is 16.1 Å². The first-order valence-corrected chi connectivity index (χ1v) is 10.2. The molecule has 1 heterocycles. The van der Waals surface area contributed by atoms with Gasteiger partial charge in [0.05, 0.1) is 33.7 Å². The molecule has 0 fully saturated rings.